The summed E-state index contributed by atoms with van der Waals surface area (Å²) in [4.78, 5) is 2.30. The van der Waals surface area contributed by atoms with Crippen LogP contribution in [0, 0.1) is 6.92 Å². The zero-order chi connectivity index (χ0) is 13.4. The van der Waals surface area contributed by atoms with Gasteiger partial charge in [-0.05, 0) is 36.8 Å². The molecule has 0 saturated heterocycles. The molecule has 0 bridgehead atoms. The minimum absolute atomic E-state index is 0.350. The number of hydrogen-bond acceptors (Lipinski definition) is 4. The summed E-state index contributed by atoms with van der Waals surface area (Å²) < 4.78 is 6.19. The van der Waals surface area contributed by atoms with Gasteiger partial charge in [0.05, 0.1) is 10.4 Å². The molecule has 0 amide bonds. The maximum absolute atomic E-state index is 5.92. The van der Waals surface area contributed by atoms with Crippen molar-refractivity contribution in [2.45, 2.75) is 6.92 Å². The second-order valence-corrected chi connectivity index (χ2v) is 6.39. The number of nitrogens with two attached hydrogens (primary N) is 1. The fraction of sp³-hybridized carbons (Fsp3) is 0.0714. The third kappa shape index (κ3) is 2.31. The summed E-state index contributed by atoms with van der Waals surface area (Å²) in [5.41, 5.74) is 8.58. The quantitative estimate of drug-likeness (QED) is 0.737. The molecular weight excluding hydrogens is 324 g/mol. The van der Waals surface area contributed by atoms with Gasteiger partial charge in [-0.25, -0.2) is 0 Å². The topological polar surface area (TPSA) is 52.0 Å². The molecule has 0 spiro atoms. The van der Waals surface area contributed by atoms with Crippen molar-refractivity contribution in [2.75, 3.05) is 5.73 Å². The van der Waals surface area contributed by atoms with Crippen molar-refractivity contribution < 1.29 is 4.52 Å². The van der Waals surface area contributed by atoms with Crippen LogP contribution in [0.3, 0.4) is 0 Å². The number of rotatable bonds is 2. The Morgan fingerprint density at radius 1 is 1.16 bits per heavy atom. The molecule has 0 atom stereocenters. The van der Waals surface area contributed by atoms with Gasteiger partial charge < -0.3 is 10.3 Å². The Hall–Kier alpha value is -1.59. The van der Waals surface area contributed by atoms with Crippen molar-refractivity contribution in [1.29, 1.82) is 0 Å². The SMILES string of the molecule is Cc1ccc(-c2noc(N)c2-c2ccc(Br)cc2)s1. The molecule has 2 aromatic heterocycles. The third-order valence-electron chi connectivity index (χ3n) is 2.83. The minimum Gasteiger partial charge on any atom is -0.367 e. The molecule has 2 heterocycles. The lowest BCUT2D eigenvalue weighted by molar-refractivity contribution is 0.439. The van der Waals surface area contributed by atoms with Gasteiger partial charge >= 0.3 is 0 Å². The normalized spacial score (nSPS) is 10.8. The highest BCUT2D eigenvalue weighted by Gasteiger charge is 2.18. The molecular formula is C14H11BrN2OS. The summed E-state index contributed by atoms with van der Waals surface area (Å²) in [5, 5.41) is 4.10. The Balaban J connectivity index is 2.16. The minimum atomic E-state index is 0.350. The van der Waals surface area contributed by atoms with Crippen LogP contribution in [0.4, 0.5) is 5.88 Å². The van der Waals surface area contributed by atoms with Gasteiger partial charge in [0.15, 0.2) is 0 Å². The van der Waals surface area contributed by atoms with Crippen LogP contribution < -0.4 is 5.73 Å². The van der Waals surface area contributed by atoms with Gasteiger partial charge in [-0.2, -0.15) is 0 Å². The highest BCUT2D eigenvalue weighted by Crippen LogP contribution is 2.39. The summed E-state index contributed by atoms with van der Waals surface area (Å²) in [6, 6.07) is 12.1. The van der Waals surface area contributed by atoms with Crippen LogP contribution in [-0.2, 0) is 0 Å². The Kier molecular flexibility index (Phi) is 3.16. The Labute approximate surface area is 123 Å². The first-order valence-corrected chi connectivity index (χ1v) is 7.34. The summed E-state index contributed by atoms with van der Waals surface area (Å²) in [6.45, 7) is 2.07. The van der Waals surface area contributed by atoms with Crippen LogP contribution in [0.25, 0.3) is 21.7 Å². The first-order valence-electron chi connectivity index (χ1n) is 5.73. The number of nitrogen functional groups attached to an aromatic ring is 1. The molecule has 3 aromatic rings. The molecule has 96 valence electrons. The lowest BCUT2D eigenvalue weighted by Gasteiger charge is -2.01. The number of halogens is 1. The zero-order valence-electron chi connectivity index (χ0n) is 10.2. The molecule has 5 heteroatoms. The number of aryl methyl sites for hydroxylation is 1. The summed E-state index contributed by atoms with van der Waals surface area (Å²) in [7, 11) is 0. The highest BCUT2D eigenvalue weighted by molar-refractivity contribution is 9.10. The molecule has 0 aliphatic rings. The Morgan fingerprint density at radius 2 is 1.89 bits per heavy atom. The number of thiophene rings is 1. The predicted octanol–water partition coefficient (Wildman–Crippen LogP) is 4.72. The second kappa shape index (κ2) is 4.83. The van der Waals surface area contributed by atoms with E-state index in [1.165, 1.54) is 4.88 Å². The smallest absolute Gasteiger partial charge is 0.230 e. The van der Waals surface area contributed by atoms with Gasteiger partial charge in [-0.3, -0.25) is 0 Å². The van der Waals surface area contributed by atoms with Crippen molar-refractivity contribution >= 4 is 33.2 Å². The van der Waals surface area contributed by atoms with Crippen molar-refractivity contribution in [3.63, 3.8) is 0 Å². The van der Waals surface area contributed by atoms with Gasteiger partial charge in [0.2, 0.25) is 5.88 Å². The molecule has 3 rings (SSSR count). The molecule has 19 heavy (non-hydrogen) atoms. The number of hydrogen-bond donors (Lipinski definition) is 1. The predicted molar refractivity (Wildman–Crippen MR) is 82.1 cm³/mol. The molecule has 1 aromatic carbocycles. The fourth-order valence-corrected chi connectivity index (χ4v) is 3.05. The number of anilines is 1. The van der Waals surface area contributed by atoms with Gasteiger partial charge in [0, 0.05) is 9.35 Å². The van der Waals surface area contributed by atoms with Crippen molar-refractivity contribution in [3.8, 4) is 21.7 Å². The fourth-order valence-electron chi connectivity index (χ4n) is 1.93. The van der Waals surface area contributed by atoms with E-state index in [0.29, 0.717) is 5.88 Å². The van der Waals surface area contributed by atoms with E-state index in [9.17, 15) is 0 Å². The van der Waals surface area contributed by atoms with Gasteiger partial charge in [-0.15, -0.1) is 11.3 Å². The van der Waals surface area contributed by atoms with E-state index < -0.39 is 0 Å². The van der Waals surface area contributed by atoms with Gasteiger partial charge in [0.1, 0.15) is 5.69 Å². The Bertz CT molecular complexity index is 715. The average molecular weight is 335 g/mol. The van der Waals surface area contributed by atoms with E-state index >= 15 is 0 Å². The van der Waals surface area contributed by atoms with Crippen LogP contribution in [0.1, 0.15) is 4.88 Å². The lowest BCUT2D eigenvalue weighted by Crippen LogP contribution is -1.86. The molecule has 0 fully saturated rings. The van der Waals surface area contributed by atoms with Crippen LogP contribution in [0.2, 0.25) is 0 Å². The highest BCUT2D eigenvalue weighted by atomic mass is 79.9. The molecule has 0 radical (unpaired) electrons. The van der Waals surface area contributed by atoms with E-state index in [2.05, 4.69) is 34.1 Å². The molecule has 0 saturated carbocycles. The van der Waals surface area contributed by atoms with E-state index in [4.69, 9.17) is 10.3 Å². The lowest BCUT2D eigenvalue weighted by atomic mass is 10.1. The number of aromatic nitrogens is 1. The average Bonchev–Trinajstić information content (AvgIpc) is 2.97. The van der Waals surface area contributed by atoms with Crippen molar-refractivity contribution in [2.24, 2.45) is 0 Å². The van der Waals surface area contributed by atoms with E-state index in [1.807, 2.05) is 30.3 Å². The van der Waals surface area contributed by atoms with Crippen LogP contribution in [0.5, 0.6) is 0 Å². The van der Waals surface area contributed by atoms with Crippen molar-refractivity contribution in [3.05, 3.63) is 45.7 Å². The maximum Gasteiger partial charge on any atom is 0.230 e. The first kappa shape index (κ1) is 12.4. The van der Waals surface area contributed by atoms with E-state index in [1.54, 1.807) is 11.3 Å². The molecule has 3 nitrogen and oxygen atoms in total. The third-order valence-corrected chi connectivity index (χ3v) is 4.36. The maximum atomic E-state index is 5.92. The molecule has 2 N–H and O–H groups in total. The molecule has 0 aliphatic heterocycles. The molecule has 0 unspecified atom stereocenters. The standard InChI is InChI=1S/C14H11BrN2OS/c1-8-2-7-11(19-8)13-12(14(16)18-17-13)9-3-5-10(15)6-4-9/h2-7H,16H2,1H3. The summed E-state index contributed by atoms with van der Waals surface area (Å²) in [6.07, 6.45) is 0. The molecule has 0 aliphatic carbocycles. The van der Waals surface area contributed by atoms with Gasteiger partial charge in [0.25, 0.3) is 0 Å². The van der Waals surface area contributed by atoms with Gasteiger partial charge in [-0.1, -0.05) is 33.2 Å². The van der Waals surface area contributed by atoms with Crippen LogP contribution in [0.15, 0.2) is 45.4 Å². The Morgan fingerprint density at radius 3 is 2.53 bits per heavy atom. The summed E-state index contributed by atoms with van der Waals surface area (Å²) >= 11 is 5.10. The first-order chi connectivity index (χ1) is 9.15. The summed E-state index contributed by atoms with van der Waals surface area (Å²) in [5.74, 6) is 0.350. The van der Waals surface area contributed by atoms with Crippen LogP contribution >= 0.6 is 27.3 Å². The van der Waals surface area contributed by atoms with E-state index in [-0.39, 0.29) is 0 Å². The largest absolute Gasteiger partial charge is 0.367 e. The number of nitrogens with zero attached hydrogens (tertiary/aromatic N) is 1. The monoisotopic (exact) mass is 334 g/mol. The van der Waals surface area contributed by atoms with Crippen molar-refractivity contribution in [1.82, 2.24) is 5.16 Å². The second-order valence-electron chi connectivity index (χ2n) is 4.19. The number of benzene rings is 1. The zero-order valence-corrected chi connectivity index (χ0v) is 12.6. The van der Waals surface area contributed by atoms with Crippen LogP contribution in [-0.4, -0.2) is 5.16 Å². The van der Waals surface area contributed by atoms with E-state index in [0.717, 1.165) is 26.2 Å².